The molecule has 0 fully saturated rings. The van der Waals surface area contributed by atoms with Gasteiger partial charge in [-0.15, -0.1) is 0 Å². The lowest BCUT2D eigenvalue weighted by atomic mass is 10.00. The molecule has 7 N–H and O–H groups in total. The molecule has 0 saturated carbocycles. The molecule has 0 radical (unpaired) electrons. The van der Waals surface area contributed by atoms with Gasteiger partial charge in [0.2, 0.25) is 17.7 Å². The third kappa shape index (κ3) is 9.63. The molecule has 1 aromatic heterocycles. The zero-order valence-electron chi connectivity index (χ0n) is 24.3. The molecule has 0 aliphatic heterocycles. The molecule has 2 aromatic carbocycles. The first-order valence-corrected chi connectivity index (χ1v) is 15.5. The summed E-state index contributed by atoms with van der Waals surface area (Å²) >= 11 is 1.48. The summed E-state index contributed by atoms with van der Waals surface area (Å²) in [5.41, 5.74) is 8.95. The summed E-state index contributed by atoms with van der Waals surface area (Å²) in [6.07, 6.45) is 4.67. The lowest BCUT2D eigenvalue weighted by molar-refractivity contribution is -0.142. The van der Waals surface area contributed by atoms with Crippen molar-refractivity contribution in [1.82, 2.24) is 20.9 Å². The lowest BCUT2D eigenvalue weighted by Gasteiger charge is -2.26. The largest absolute Gasteiger partial charge is 0.480 e. The molecule has 226 valence electrons. The first kappa shape index (κ1) is 32.7. The molecule has 0 bridgehead atoms. The van der Waals surface area contributed by atoms with E-state index in [0.717, 1.165) is 22.0 Å². The second-order valence-electron chi connectivity index (χ2n) is 10.8. The van der Waals surface area contributed by atoms with Crippen molar-refractivity contribution in [2.75, 3.05) is 12.0 Å². The number of aromatic nitrogens is 1. The standard InChI is InChI=1S/C31H41N5O5S/c1-19(2)15-26(29(38)34-25(31(40)41)13-14-42-3)36-30(39)27(16-20-9-5-4-6-10-20)35-28(37)23(32)17-21-18-33-24-12-8-7-11-22(21)24/h4-12,18-19,23,25-27,33H,13-17,32H2,1-3H3,(H,34,38)(H,35,37)(H,36,39)(H,40,41). The van der Waals surface area contributed by atoms with Crippen molar-refractivity contribution in [3.63, 3.8) is 0 Å². The molecule has 4 atom stereocenters. The Morgan fingerprint density at radius 2 is 1.48 bits per heavy atom. The number of nitrogens with one attached hydrogen (secondary N) is 4. The maximum atomic E-state index is 13.6. The SMILES string of the molecule is CSCCC(NC(=O)C(CC(C)C)NC(=O)C(Cc1ccccc1)NC(=O)C(N)Cc1c[nH]c2ccccc12)C(=O)O. The van der Waals surface area contributed by atoms with E-state index in [2.05, 4.69) is 20.9 Å². The maximum absolute atomic E-state index is 13.6. The molecule has 42 heavy (non-hydrogen) atoms. The second kappa shape index (κ2) is 16.0. The van der Waals surface area contributed by atoms with E-state index in [1.807, 2.05) is 80.9 Å². The van der Waals surface area contributed by atoms with E-state index in [0.29, 0.717) is 12.2 Å². The van der Waals surface area contributed by atoms with Crippen LogP contribution in [0, 0.1) is 5.92 Å². The van der Waals surface area contributed by atoms with Gasteiger partial charge in [-0.1, -0.05) is 62.4 Å². The maximum Gasteiger partial charge on any atom is 0.326 e. The van der Waals surface area contributed by atoms with Crippen LogP contribution >= 0.6 is 11.8 Å². The Morgan fingerprint density at radius 3 is 2.14 bits per heavy atom. The van der Waals surface area contributed by atoms with E-state index in [-0.39, 0.29) is 25.2 Å². The number of aliphatic carboxylic acids is 1. The Labute approximate surface area is 250 Å². The summed E-state index contributed by atoms with van der Waals surface area (Å²) in [7, 11) is 0. The van der Waals surface area contributed by atoms with Crippen LogP contribution in [0.4, 0.5) is 0 Å². The van der Waals surface area contributed by atoms with Gasteiger partial charge in [-0.25, -0.2) is 4.79 Å². The van der Waals surface area contributed by atoms with Crippen LogP contribution in [0.25, 0.3) is 10.9 Å². The molecular formula is C31H41N5O5S. The number of carbonyl (C=O) groups is 4. The number of amides is 3. The average molecular weight is 596 g/mol. The van der Waals surface area contributed by atoms with Crippen molar-refractivity contribution in [1.29, 1.82) is 0 Å². The Kier molecular flexibility index (Phi) is 12.4. The number of rotatable bonds is 16. The van der Waals surface area contributed by atoms with Crippen molar-refractivity contribution < 1.29 is 24.3 Å². The number of carboxylic acids is 1. The molecule has 11 heteroatoms. The summed E-state index contributed by atoms with van der Waals surface area (Å²) in [6.45, 7) is 3.81. The predicted molar refractivity (Wildman–Crippen MR) is 166 cm³/mol. The highest BCUT2D eigenvalue weighted by molar-refractivity contribution is 7.98. The number of carboxylic acid groups (broad SMARTS) is 1. The number of thioether (sulfide) groups is 1. The summed E-state index contributed by atoms with van der Waals surface area (Å²) < 4.78 is 0. The molecule has 0 aliphatic carbocycles. The lowest BCUT2D eigenvalue weighted by Crippen LogP contribution is -2.58. The van der Waals surface area contributed by atoms with Crippen LogP contribution in [0.2, 0.25) is 0 Å². The van der Waals surface area contributed by atoms with Gasteiger partial charge >= 0.3 is 5.97 Å². The molecule has 0 saturated heterocycles. The van der Waals surface area contributed by atoms with Gasteiger partial charge in [-0.05, 0) is 54.4 Å². The Morgan fingerprint density at radius 1 is 0.857 bits per heavy atom. The summed E-state index contributed by atoms with van der Waals surface area (Å²) in [6, 6.07) is 13.0. The minimum absolute atomic E-state index is 0.0299. The molecule has 4 unspecified atom stereocenters. The van der Waals surface area contributed by atoms with E-state index in [9.17, 15) is 24.3 Å². The minimum atomic E-state index is -1.13. The average Bonchev–Trinajstić information content (AvgIpc) is 3.37. The van der Waals surface area contributed by atoms with Gasteiger partial charge in [0.15, 0.2) is 0 Å². The first-order valence-electron chi connectivity index (χ1n) is 14.1. The molecule has 3 amide bonds. The molecule has 0 aliphatic rings. The van der Waals surface area contributed by atoms with Crippen LogP contribution in [0.15, 0.2) is 60.8 Å². The molecular weight excluding hydrogens is 554 g/mol. The highest BCUT2D eigenvalue weighted by atomic mass is 32.2. The monoisotopic (exact) mass is 595 g/mol. The predicted octanol–water partition coefficient (Wildman–Crippen LogP) is 2.62. The van der Waals surface area contributed by atoms with Crippen LogP contribution in [-0.2, 0) is 32.0 Å². The highest BCUT2D eigenvalue weighted by Crippen LogP contribution is 2.19. The van der Waals surface area contributed by atoms with Gasteiger partial charge < -0.3 is 31.8 Å². The van der Waals surface area contributed by atoms with Crippen molar-refractivity contribution >= 4 is 46.4 Å². The van der Waals surface area contributed by atoms with Gasteiger partial charge in [0, 0.05) is 23.5 Å². The van der Waals surface area contributed by atoms with E-state index in [1.165, 1.54) is 11.8 Å². The van der Waals surface area contributed by atoms with Crippen molar-refractivity contribution in [2.24, 2.45) is 11.7 Å². The third-order valence-electron chi connectivity index (χ3n) is 6.93. The molecule has 0 spiro atoms. The third-order valence-corrected chi connectivity index (χ3v) is 7.58. The smallest absolute Gasteiger partial charge is 0.326 e. The van der Waals surface area contributed by atoms with E-state index in [1.54, 1.807) is 0 Å². The Bertz CT molecular complexity index is 1350. The fourth-order valence-corrected chi connectivity index (χ4v) is 5.18. The zero-order chi connectivity index (χ0) is 30.6. The van der Waals surface area contributed by atoms with Crippen molar-refractivity contribution in [3.05, 3.63) is 71.9 Å². The van der Waals surface area contributed by atoms with E-state index in [4.69, 9.17) is 5.73 Å². The molecule has 3 rings (SSSR count). The van der Waals surface area contributed by atoms with Crippen molar-refractivity contribution in [3.8, 4) is 0 Å². The van der Waals surface area contributed by atoms with Crippen LogP contribution in [0.5, 0.6) is 0 Å². The van der Waals surface area contributed by atoms with Gasteiger partial charge in [0.25, 0.3) is 0 Å². The molecule has 3 aromatic rings. The highest BCUT2D eigenvalue weighted by Gasteiger charge is 2.31. The van der Waals surface area contributed by atoms with Gasteiger partial charge in [0.05, 0.1) is 6.04 Å². The quantitative estimate of drug-likeness (QED) is 0.148. The fourth-order valence-electron chi connectivity index (χ4n) is 4.71. The summed E-state index contributed by atoms with van der Waals surface area (Å²) in [5.74, 6) is -2.17. The topological polar surface area (TPSA) is 166 Å². The number of hydrogen-bond acceptors (Lipinski definition) is 6. The molecule has 1 heterocycles. The van der Waals surface area contributed by atoms with Gasteiger partial charge in [-0.2, -0.15) is 11.8 Å². The first-order chi connectivity index (χ1) is 20.1. The van der Waals surface area contributed by atoms with E-state index < -0.39 is 47.9 Å². The Hall–Kier alpha value is -3.83. The fraction of sp³-hybridized carbons (Fsp3) is 0.419. The Balaban J connectivity index is 1.76. The number of H-pyrrole nitrogens is 1. The second-order valence-corrected chi connectivity index (χ2v) is 11.8. The number of nitrogens with two attached hydrogens (primary N) is 1. The summed E-state index contributed by atoms with van der Waals surface area (Å²) in [5, 5.41) is 18.7. The minimum Gasteiger partial charge on any atom is -0.480 e. The summed E-state index contributed by atoms with van der Waals surface area (Å²) in [4.78, 5) is 54.9. The van der Waals surface area contributed by atoms with E-state index >= 15 is 0 Å². The van der Waals surface area contributed by atoms with Crippen molar-refractivity contribution in [2.45, 2.75) is 63.7 Å². The van der Waals surface area contributed by atoms with Gasteiger partial charge in [-0.3, -0.25) is 14.4 Å². The van der Waals surface area contributed by atoms with Gasteiger partial charge in [0.1, 0.15) is 18.1 Å². The van der Waals surface area contributed by atoms with Crippen LogP contribution in [0.3, 0.4) is 0 Å². The number of hydrogen-bond donors (Lipinski definition) is 6. The zero-order valence-corrected chi connectivity index (χ0v) is 25.1. The normalized spacial score (nSPS) is 14.1. The molecule has 10 nitrogen and oxygen atoms in total. The number of carbonyl (C=O) groups excluding carboxylic acids is 3. The number of para-hydroxylation sites is 1. The van der Waals surface area contributed by atoms with Crippen LogP contribution in [-0.4, -0.2) is 70.0 Å². The van der Waals surface area contributed by atoms with Crippen LogP contribution < -0.4 is 21.7 Å². The number of aromatic amines is 1. The number of benzene rings is 2. The number of fused-ring (bicyclic) bond motifs is 1. The van der Waals surface area contributed by atoms with Crippen LogP contribution in [0.1, 0.15) is 37.8 Å².